The van der Waals surface area contributed by atoms with Crippen molar-refractivity contribution in [2.24, 2.45) is 0 Å². The summed E-state index contributed by atoms with van der Waals surface area (Å²) in [6.45, 7) is 7.53. The highest BCUT2D eigenvalue weighted by atomic mass is 16.5. The second kappa shape index (κ2) is 7.40. The number of rotatable bonds is 7. The Balaban J connectivity index is 2.08. The van der Waals surface area contributed by atoms with Gasteiger partial charge in [-0.3, -0.25) is 0 Å². The molecular formula is C14H26N6O. The van der Waals surface area contributed by atoms with Crippen LogP contribution in [0.3, 0.4) is 0 Å². The Kier molecular flexibility index (Phi) is 5.55. The van der Waals surface area contributed by atoms with Crippen LogP contribution in [-0.2, 0) is 4.74 Å². The predicted molar refractivity (Wildman–Crippen MR) is 85.2 cm³/mol. The first-order valence-corrected chi connectivity index (χ1v) is 7.61. The second-order valence-corrected chi connectivity index (χ2v) is 5.54. The summed E-state index contributed by atoms with van der Waals surface area (Å²) in [5.41, 5.74) is 0. The first-order valence-electron chi connectivity index (χ1n) is 7.61. The van der Waals surface area contributed by atoms with Gasteiger partial charge in [-0.15, -0.1) is 0 Å². The van der Waals surface area contributed by atoms with E-state index >= 15 is 0 Å². The Bertz CT molecular complexity index is 447. The van der Waals surface area contributed by atoms with Crippen molar-refractivity contribution in [1.82, 2.24) is 15.0 Å². The van der Waals surface area contributed by atoms with E-state index < -0.39 is 0 Å². The third kappa shape index (κ3) is 4.42. The maximum Gasteiger partial charge on any atom is 0.231 e. The molecule has 0 amide bonds. The summed E-state index contributed by atoms with van der Waals surface area (Å²) in [5.74, 6) is 2.06. The first kappa shape index (κ1) is 15.8. The van der Waals surface area contributed by atoms with Crippen molar-refractivity contribution < 1.29 is 4.74 Å². The van der Waals surface area contributed by atoms with E-state index in [1.807, 2.05) is 32.8 Å². The lowest BCUT2D eigenvalue weighted by molar-refractivity contribution is 0.0844. The molecule has 7 nitrogen and oxygen atoms in total. The van der Waals surface area contributed by atoms with Gasteiger partial charge in [0.05, 0.1) is 12.7 Å². The molecule has 2 rings (SSSR count). The van der Waals surface area contributed by atoms with Gasteiger partial charge in [-0.25, -0.2) is 0 Å². The molecule has 1 aliphatic heterocycles. The number of hydrogen-bond donors (Lipinski definition) is 1. The van der Waals surface area contributed by atoms with Crippen LogP contribution in [0.1, 0.15) is 26.7 Å². The summed E-state index contributed by atoms with van der Waals surface area (Å²) in [6, 6.07) is 0. The van der Waals surface area contributed by atoms with E-state index in [1.165, 1.54) is 12.8 Å². The molecule has 0 spiro atoms. The summed E-state index contributed by atoms with van der Waals surface area (Å²) >= 11 is 0. The topological polar surface area (TPSA) is 66.4 Å². The van der Waals surface area contributed by atoms with E-state index in [-0.39, 0.29) is 6.10 Å². The molecule has 1 saturated heterocycles. The van der Waals surface area contributed by atoms with E-state index in [2.05, 4.69) is 25.2 Å². The summed E-state index contributed by atoms with van der Waals surface area (Å²) in [6.07, 6.45) is 2.65. The van der Waals surface area contributed by atoms with Crippen molar-refractivity contribution in [3.63, 3.8) is 0 Å². The lowest BCUT2D eigenvalue weighted by atomic mass is 10.4. The van der Waals surface area contributed by atoms with Gasteiger partial charge < -0.3 is 19.9 Å². The Morgan fingerprint density at radius 1 is 1.24 bits per heavy atom. The third-order valence-electron chi connectivity index (χ3n) is 3.44. The molecule has 7 heteroatoms. The zero-order valence-electron chi connectivity index (χ0n) is 13.5. The maximum absolute atomic E-state index is 5.58. The average Bonchev–Trinajstić information content (AvgIpc) is 3.00. The number of hydrogen-bond acceptors (Lipinski definition) is 7. The minimum absolute atomic E-state index is 0.241. The van der Waals surface area contributed by atoms with Gasteiger partial charge in [0.15, 0.2) is 0 Å². The van der Waals surface area contributed by atoms with Crippen LogP contribution in [0.15, 0.2) is 0 Å². The van der Waals surface area contributed by atoms with Crippen LogP contribution in [-0.4, -0.2) is 61.4 Å². The number of nitrogens with one attached hydrogen (secondary N) is 1. The lowest BCUT2D eigenvalue weighted by Crippen LogP contribution is -2.28. The molecule has 21 heavy (non-hydrogen) atoms. The average molecular weight is 294 g/mol. The molecule has 1 N–H and O–H groups in total. The van der Waals surface area contributed by atoms with Crippen molar-refractivity contribution in [2.45, 2.75) is 32.8 Å². The van der Waals surface area contributed by atoms with Crippen LogP contribution < -0.4 is 15.1 Å². The number of aromatic nitrogens is 3. The molecule has 1 aromatic rings. The molecule has 0 aromatic carbocycles. The minimum Gasteiger partial charge on any atom is -0.377 e. The van der Waals surface area contributed by atoms with Crippen molar-refractivity contribution in [1.29, 1.82) is 0 Å². The molecule has 0 atom stereocenters. The van der Waals surface area contributed by atoms with Crippen molar-refractivity contribution in [2.75, 3.05) is 55.5 Å². The van der Waals surface area contributed by atoms with E-state index in [0.717, 1.165) is 25.6 Å². The van der Waals surface area contributed by atoms with E-state index in [1.54, 1.807) is 0 Å². The molecule has 1 fully saturated rings. The van der Waals surface area contributed by atoms with Gasteiger partial charge in [0.25, 0.3) is 0 Å². The molecular weight excluding hydrogens is 268 g/mol. The van der Waals surface area contributed by atoms with E-state index in [0.29, 0.717) is 18.5 Å². The quantitative estimate of drug-likeness (QED) is 0.814. The SMILES string of the molecule is CNc1nc(N(C)CCOC(C)C)nc(N2CCCC2)n1. The molecule has 1 aliphatic rings. The Morgan fingerprint density at radius 2 is 1.95 bits per heavy atom. The molecule has 0 saturated carbocycles. The maximum atomic E-state index is 5.58. The van der Waals surface area contributed by atoms with Crippen molar-refractivity contribution in [3.8, 4) is 0 Å². The summed E-state index contributed by atoms with van der Waals surface area (Å²) in [4.78, 5) is 17.7. The lowest BCUT2D eigenvalue weighted by Gasteiger charge is -2.21. The molecule has 1 aromatic heterocycles. The summed E-state index contributed by atoms with van der Waals surface area (Å²) in [5, 5.41) is 3.01. The van der Waals surface area contributed by atoms with E-state index in [9.17, 15) is 0 Å². The Hall–Kier alpha value is -1.63. The molecule has 0 radical (unpaired) electrons. The molecule has 0 unspecified atom stereocenters. The summed E-state index contributed by atoms with van der Waals surface area (Å²) in [7, 11) is 3.81. The zero-order valence-corrected chi connectivity index (χ0v) is 13.5. The monoisotopic (exact) mass is 294 g/mol. The van der Waals surface area contributed by atoms with E-state index in [4.69, 9.17) is 4.74 Å². The molecule has 0 aliphatic carbocycles. The molecule has 118 valence electrons. The fourth-order valence-corrected chi connectivity index (χ4v) is 2.22. The van der Waals surface area contributed by atoms with Gasteiger partial charge in [-0.05, 0) is 26.7 Å². The number of anilines is 3. The smallest absolute Gasteiger partial charge is 0.231 e. The number of likely N-dealkylation sites (N-methyl/N-ethyl adjacent to an activating group) is 1. The van der Waals surface area contributed by atoms with Gasteiger partial charge in [0.2, 0.25) is 17.8 Å². The second-order valence-electron chi connectivity index (χ2n) is 5.54. The van der Waals surface area contributed by atoms with Crippen LogP contribution in [0.5, 0.6) is 0 Å². The standard InChI is InChI=1S/C14H26N6O/c1-11(2)21-10-9-19(4)13-16-12(15-3)17-14(18-13)20-7-5-6-8-20/h11H,5-10H2,1-4H3,(H,15,16,17,18). The first-order chi connectivity index (χ1) is 10.1. The predicted octanol–water partition coefficient (Wildman–Crippen LogP) is 1.37. The van der Waals surface area contributed by atoms with Crippen molar-refractivity contribution in [3.05, 3.63) is 0 Å². The van der Waals surface area contributed by atoms with Gasteiger partial charge in [-0.1, -0.05) is 0 Å². The Labute approximate surface area is 126 Å². The van der Waals surface area contributed by atoms with Crippen LogP contribution in [0.2, 0.25) is 0 Å². The van der Waals surface area contributed by atoms with Crippen molar-refractivity contribution >= 4 is 17.8 Å². The van der Waals surface area contributed by atoms with Gasteiger partial charge in [0, 0.05) is 33.7 Å². The largest absolute Gasteiger partial charge is 0.377 e. The number of nitrogens with zero attached hydrogens (tertiary/aromatic N) is 5. The van der Waals surface area contributed by atoms with Crippen LogP contribution in [0.25, 0.3) is 0 Å². The molecule has 2 heterocycles. The summed E-state index contributed by atoms with van der Waals surface area (Å²) < 4.78 is 5.58. The Morgan fingerprint density at radius 3 is 2.57 bits per heavy atom. The van der Waals surface area contributed by atoms with Gasteiger partial charge >= 0.3 is 0 Å². The minimum atomic E-state index is 0.241. The van der Waals surface area contributed by atoms with Crippen LogP contribution >= 0.6 is 0 Å². The fraction of sp³-hybridized carbons (Fsp3) is 0.786. The van der Waals surface area contributed by atoms with Crippen LogP contribution in [0.4, 0.5) is 17.8 Å². The number of ether oxygens (including phenoxy) is 1. The fourth-order valence-electron chi connectivity index (χ4n) is 2.22. The highest BCUT2D eigenvalue weighted by molar-refractivity contribution is 5.45. The van der Waals surface area contributed by atoms with Gasteiger partial charge in [0.1, 0.15) is 0 Å². The zero-order chi connectivity index (χ0) is 15.2. The molecule has 0 bridgehead atoms. The van der Waals surface area contributed by atoms with Gasteiger partial charge in [-0.2, -0.15) is 15.0 Å². The highest BCUT2D eigenvalue weighted by Gasteiger charge is 2.18. The highest BCUT2D eigenvalue weighted by Crippen LogP contribution is 2.19. The van der Waals surface area contributed by atoms with Crippen LogP contribution in [0, 0.1) is 0 Å². The normalized spacial score (nSPS) is 14.8. The third-order valence-corrected chi connectivity index (χ3v) is 3.44.